The van der Waals surface area contributed by atoms with Crippen LogP contribution in [-0.4, -0.2) is 90.9 Å². The van der Waals surface area contributed by atoms with Crippen LogP contribution in [0, 0.1) is 17.8 Å². The average Bonchev–Trinajstić information content (AvgIpc) is 2.96. The van der Waals surface area contributed by atoms with E-state index < -0.39 is 16.3 Å². The monoisotopic (exact) mass is 440 g/mol. The number of allylic oxidation sites excluding steroid dienone is 2. The van der Waals surface area contributed by atoms with Gasteiger partial charge in [0.15, 0.2) is 0 Å². The lowest BCUT2D eigenvalue weighted by atomic mass is 9.85. The Labute approximate surface area is 178 Å². The molecule has 3 amide bonds. The molecule has 0 bridgehead atoms. The van der Waals surface area contributed by atoms with Gasteiger partial charge in [-0.25, -0.2) is 0 Å². The van der Waals surface area contributed by atoms with Crippen LogP contribution in [0.15, 0.2) is 12.2 Å². The summed E-state index contributed by atoms with van der Waals surface area (Å²) in [5, 5.41) is 0. The molecule has 0 unspecified atom stereocenters. The van der Waals surface area contributed by atoms with Gasteiger partial charge in [0.25, 0.3) is 10.2 Å². The van der Waals surface area contributed by atoms with Crippen molar-refractivity contribution in [3.63, 3.8) is 0 Å². The zero-order chi connectivity index (χ0) is 22.2. The highest BCUT2D eigenvalue weighted by molar-refractivity contribution is 7.86. The normalized spacial score (nSPS) is 26.6. The van der Waals surface area contributed by atoms with Crippen LogP contribution in [-0.2, 0) is 24.6 Å². The molecule has 9 nitrogen and oxygen atoms in total. The number of carbonyl (C=O) groups is 3. The van der Waals surface area contributed by atoms with Crippen molar-refractivity contribution in [1.29, 1.82) is 0 Å². The Hall–Kier alpha value is -1.78. The fraction of sp³-hybridized carbons (Fsp3) is 0.750. The van der Waals surface area contributed by atoms with Gasteiger partial charge < -0.3 is 4.90 Å². The van der Waals surface area contributed by atoms with Gasteiger partial charge >= 0.3 is 0 Å². The van der Waals surface area contributed by atoms with E-state index in [1.54, 1.807) is 4.90 Å². The fourth-order valence-corrected chi connectivity index (χ4v) is 5.56. The van der Waals surface area contributed by atoms with E-state index in [-0.39, 0.29) is 61.7 Å². The number of likely N-dealkylation sites (tertiary alicyclic amines) is 1. The molecule has 168 valence electrons. The molecule has 0 aromatic heterocycles. The number of hydrogen-bond donors (Lipinski definition) is 0. The van der Waals surface area contributed by atoms with E-state index in [1.807, 2.05) is 26.0 Å². The summed E-state index contributed by atoms with van der Waals surface area (Å²) in [6.07, 6.45) is 5.34. The first-order chi connectivity index (χ1) is 14.1. The highest BCUT2D eigenvalue weighted by atomic mass is 32.2. The molecule has 3 aliphatic rings. The van der Waals surface area contributed by atoms with Crippen molar-refractivity contribution < 1.29 is 22.8 Å². The molecule has 3 atom stereocenters. The van der Waals surface area contributed by atoms with E-state index in [9.17, 15) is 22.8 Å². The Balaban J connectivity index is 1.76. The third kappa shape index (κ3) is 4.17. The molecule has 2 saturated heterocycles. The lowest BCUT2D eigenvalue weighted by Gasteiger charge is -2.38. The molecule has 3 rings (SSSR count). The number of rotatable bonds is 6. The number of imide groups is 1. The van der Waals surface area contributed by atoms with E-state index in [4.69, 9.17) is 0 Å². The lowest BCUT2D eigenvalue weighted by molar-refractivity contribution is -0.152. The van der Waals surface area contributed by atoms with Crippen LogP contribution in [0.3, 0.4) is 0 Å². The molecule has 0 saturated carbocycles. The average molecular weight is 441 g/mol. The molecule has 2 fully saturated rings. The van der Waals surface area contributed by atoms with Crippen molar-refractivity contribution in [2.24, 2.45) is 17.8 Å². The first-order valence-corrected chi connectivity index (χ1v) is 11.9. The number of fused-ring (bicyclic) bond motifs is 1. The predicted molar refractivity (Wildman–Crippen MR) is 111 cm³/mol. The number of amides is 3. The van der Waals surface area contributed by atoms with Gasteiger partial charge in [-0.2, -0.15) is 17.0 Å². The van der Waals surface area contributed by atoms with E-state index in [2.05, 4.69) is 0 Å². The van der Waals surface area contributed by atoms with Gasteiger partial charge in [0.1, 0.15) is 6.04 Å². The second-order valence-electron chi connectivity index (χ2n) is 8.86. The number of carbonyl (C=O) groups excluding carboxylic acids is 3. The Morgan fingerprint density at radius 2 is 1.53 bits per heavy atom. The molecule has 0 spiro atoms. The second-order valence-corrected chi connectivity index (χ2v) is 11.0. The van der Waals surface area contributed by atoms with Crippen LogP contribution in [0.25, 0.3) is 0 Å². The standard InChI is InChI=1S/C20H32N4O5S/c1-14(2)13-17(24-18(25)15-7-5-6-8-16(15)19(24)26)20(27)22-9-11-23(12-10-22)30(28,29)21(3)4/h5-6,14-17H,7-13H2,1-4H3/t15-,16+,17-/m0/s1. The fourth-order valence-electron chi connectivity index (χ4n) is 4.48. The molecular weight excluding hydrogens is 408 g/mol. The quantitative estimate of drug-likeness (QED) is 0.437. The second kappa shape index (κ2) is 8.76. The summed E-state index contributed by atoms with van der Waals surface area (Å²) in [5.41, 5.74) is 0. The molecule has 10 heteroatoms. The summed E-state index contributed by atoms with van der Waals surface area (Å²) in [5.74, 6) is -1.38. The number of nitrogens with zero attached hydrogens (tertiary/aromatic N) is 4. The maximum atomic E-state index is 13.4. The Morgan fingerprint density at radius 3 is 1.97 bits per heavy atom. The van der Waals surface area contributed by atoms with Gasteiger partial charge in [0.05, 0.1) is 11.8 Å². The van der Waals surface area contributed by atoms with Crippen molar-refractivity contribution in [3.8, 4) is 0 Å². The van der Waals surface area contributed by atoms with Gasteiger partial charge in [0, 0.05) is 40.3 Å². The summed E-state index contributed by atoms with van der Waals surface area (Å²) in [4.78, 5) is 42.3. The van der Waals surface area contributed by atoms with E-state index in [0.717, 1.165) is 4.31 Å². The maximum absolute atomic E-state index is 13.4. The van der Waals surface area contributed by atoms with E-state index >= 15 is 0 Å². The highest BCUT2D eigenvalue weighted by Crippen LogP contribution is 2.37. The summed E-state index contributed by atoms with van der Waals surface area (Å²) < 4.78 is 27.2. The third-order valence-corrected chi connectivity index (χ3v) is 8.11. The van der Waals surface area contributed by atoms with E-state index in [0.29, 0.717) is 19.3 Å². The smallest absolute Gasteiger partial charge is 0.281 e. The van der Waals surface area contributed by atoms with Crippen LogP contribution < -0.4 is 0 Å². The molecule has 0 N–H and O–H groups in total. The Bertz CT molecular complexity index is 804. The minimum atomic E-state index is -3.53. The van der Waals surface area contributed by atoms with Crippen LogP contribution >= 0.6 is 0 Å². The first kappa shape index (κ1) is 22.9. The Kier molecular flexibility index (Phi) is 6.69. The Morgan fingerprint density at radius 1 is 1.03 bits per heavy atom. The summed E-state index contributed by atoms with van der Waals surface area (Å²) in [6.45, 7) is 4.79. The molecule has 0 radical (unpaired) electrons. The van der Waals surface area contributed by atoms with Gasteiger partial charge in [-0.3, -0.25) is 19.3 Å². The topological polar surface area (TPSA) is 98.3 Å². The minimum Gasteiger partial charge on any atom is -0.338 e. The summed E-state index contributed by atoms with van der Waals surface area (Å²) in [7, 11) is -0.580. The molecule has 1 aliphatic carbocycles. The molecular formula is C20H32N4O5S. The third-order valence-electron chi connectivity index (χ3n) is 6.17. The largest absolute Gasteiger partial charge is 0.338 e. The molecule has 2 aliphatic heterocycles. The van der Waals surface area contributed by atoms with Crippen molar-refractivity contribution in [2.75, 3.05) is 40.3 Å². The van der Waals surface area contributed by atoms with Gasteiger partial charge in [-0.15, -0.1) is 0 Å². The number of piperazine rings is 1. The summed E-state index contributed by atoms with van der Waals surface area (Å²) >= 11 is 0. The molecule has 30 heavy (non-hydrogen) atoms. The highest BCUT2D eigenvalue weighted by Gasteiger charge is 2.51. The van der Waals surface area contributed by atoms with Gasteiger partial charge in [0.2, 0.25) is 17.7 Å². The van der Waals surface area contributed by atoms with Crippen LogP contribution in [0.2, 0.25) is 0 Å². The van der Waals surface area contributed by atoms with Crippen molar-refractivity contribution in [3.05, 3.63) is 12.2 Å². The summed E-state index contributed by atoms with van der Waals surface area (Å²) in [6, 6.07) is -0.826. The minimum absolute atomic E-state index is 0.121. The van der Waals surface area contributed by atoms with Crippen LogP contribution in [0.4, 0.5) is 0 Å². The predicted octanol–water partition coefficient (Wildman–Crippen LogP) is 0.303. The maximum Gasteiger partial charge on any atom is 0.281 e. The molecule has 0 aromatic carbocycles. The SMILES string of the molecule is CC(C)C[C@@H](C(=O)N1CCN(S(=O)(=O)N(C)C)CC1)N1C(=O)[C@H]2CC=CC[C@H]2C1=O. The zero-order valence-electron chi connectivity index (χ0n) is 18.2. The molecule has 2 heterocycles. The van der Waals surface area contributed by atoms with Crippen LogP contribution in [0.5, 0.6) is 0 Å². The van der Waals surface area contributed by atoms with Crippen molar-refractivity contribution in [2.45, 2.75) is 39.2 Å². The lowest BCUT2D eigenvalue weighted by Crippen LogP contribution is -2.58. The molecule has 0 aromatic rings. The van der Waals surface area contributed by atoms with E-state index in [1.165, 1.54) is 23.3 Å². The first-order valence-electron chi connectivity index (χ1n) is 10.5. The number of hydrogen-bond acceptors (Lipinski definition) is 5. The zero-order valence-corrected chi connectivity index (χ0v) is 19.0. The van der Waals surface area contributed by atoms with Gasteiger partial charge in [-0.05, 0) is 25.2 Å². The van der Waals surface area contributed by atoms with Crippen LogP contribution in [0.1, 0.15) is 33.1 Å². The van der Waals surface area contributed by atoms with Crippen molar-refractivity contribution in [1.82, 2.24) is 18.4 Å². The van der Waals surface area contributed by atoms with Gasteiger partial charge in [-0.1, -0.05) is 26.0 Å². The van der Waals surface area contributed by atoms with Crippen molar-refractivity contribution >= 4 is 27.9 Å².